The third-order valence-electron chi connectivity index (χ3n) is 5.07. The molecule has 4 heteroatoms. The summed E-state index contributed by atoms with van der Waals surface area (Å²) in [5, 5.41) is 10.6. The maximum Gasteiger partial charge on any atom is 0.108 e. The molecule has 1 N–H and O–H groups in total. The Bertz CT molecular complexity index is 881. The lowest BCUT2D eigenvalue weighted by molar-refractivity contribution is -0.00626. The average molecular weight is 422 g/mol. The Morgan fingerprint density at radius 1 is 0.900 bits per heavy atom. The summed E-state index contributed by atoms with van der Waals surface area (Å²) in [7, 11) is 2.03. The van der Waals surface area contributed by atoms with Gasteiger partial charge in [-0.05, 0) is 49.1 Å². The molecule has 0 aromatic heterocycles. The molecule has 3 aromatic carbocycles. The highest BCUT2D eigenvalue weighted by atomic mass is 32.2. The van der Waals surface area contributed by atoms with Gasteiger partial charge in [-0.2, -0.15) is 0 Å². The minimum absolute atomic E-state index is 0.189. The average Bonchev–Trinajstić information content (AvgIpc) is 2.76. The van der Waals surface area contributed by atoms with Crippen LogP contribution in [0.3, 0.4) is 0 Å². The molecule has 0 aliphatic rings. The van der Waals surface area contributed by atoms with E-state index in [4.69, 9.17) is 4.74 Å². The minimum atomic E-state index is -0.558. The van der Waals surface area contributed by atoms with Crippen LogP contribution < -0.4 is 0 Å². The van der Waals surface area contributed by atoms with Crippen LogP contribution in [0, 0.1) is 6.92 Å². The SMILES string of the molecule is CSc1ccc(CN(C)C[C@@H](O)CO[C@H](c2ccccc2)c2ccc(C)cc2)cc1. The van der Waals surface area contributed by atoms with Crippen molar-refractivity contribution in [2.75, 3.05) is 26.5 Å². The van der Waals surface area contributed by atoms with E-state index in [1.165, 1.54) is 16.0 Å². The first-order chi connectivity index (χ1) is 14.5. The van der Waals surface area contributed by atoms with Crippen LogP contribution in [-0.2, 0) is 11.3 Å². The number of benzene rings is 3. The highest BCUT2D eigenvalue weighted by molar-refractivity contribution is 7.98. The van der Waals surface area contributed by atoms with Crippen LogP contribution >= 0.6 is 11.8 Å². The lowest BCUT2D eigenvalue weighted by Gasteiger charge is -2.24. The molecule has 0 saturated heterocycles. The quantitative estimate of drug-likeness (QED) is 0.449. The van der Waals surface area contributed by atoms with Crippen LogP contribution in [-0.4, -0.2) is 42.6 Å². The van der Waals surface area contributed by atoms with Gasteiger partial charge in [0.2, 0.25) is 0 Å². The van der Waals surface area contributed by atoms with Gasteiger partial charge in [0, 0.05) is 18.0 Å². The van der Waals surface area contributed by atoms with E-state index in [0.29, 0.717) is 6.54 Å². The molecule has 2 atom stereocenters. The molecule has 3 nitrogen and oxygen atoms in total. The lowest BCUT2D eigenvalue weighted by Crippen LogP contribution is -2.32. The largest absolute Gasteiger partial charge is 0.389 e. The smallest absolute Gasteiger partial charge is 0.108 e. The second-order valence-corrected chi connectivity index (χ2v) is 8.61. The van der Waals surface area contributed by atoms with E-state index >= 15 is 0 Å². The van der Waals surface area contributed by atoms with Gasteiger partial charge in [-0.1, -0.05) is 72.3 Å². The van der Waals surface area contributed by atoms with Gasteiger partial charge in [0.05, 0.1) is 12.7 Å². The molecular formula is C26H31NO2S. The summed E-state index contributed by atoms with van der Waals surface area (Å²) < 4.78 is 6.22. The van der Waals surface area contributed by atoms with Gasteiger partial charge in [0.15, 0.2) is 0 Å². The van der Waals surface area contributed by atoms with Gasteiger partial charge < -0.3 is 9.84 Å². The Morgan fingerprint density at radius 2 is 1.53 bits per heavy atom. The number of ether oxygens (including phenoxy) is 1. The van der Waals surface area contributed by atoms with E-state index in [-0.39, 0.29) is 12.7 Å². The summed E-state index contributed by atoms with van der Waals surface area (Å²) in [5.74, 6) is 0. The number of aliphatic hydroxyl groups is 1. The zero-order valence-corrected chi connectivity index (χ0v) is 18.8. The maximum atomic E-state index is 10.6. The minimum Gasteiger partial charge on any atom is -0.389 e. The topological polar surface area (TPSA) is 32.7 Å². The lowest BCUT2D eigenvalue weighted by atomic mass is 10.0. The molecule has 0 bridgehead atoms. The molecule has 0 aliphatic carbocycles. The number of aryl methyl sites for hydroxylation is 1. The Morgan fingerprint density at radius 3 is 2.17 bits per heavy atom. The number of hydrogen-bond donors (Lipinski definition) is 1. The molecule has 0 heterocycles. The van der Waals surface area contributed by atoms with Crippen molar-refractivity contribution < 1.29 is 9.84 Å². The first-order valence-corrected chi connectivity index (χ1v) is 11.5. The fourth-order valence-electron chi connectivity index (χ4n) is 3.48. The molecular weight excluding hydrogens is 390 g/mol. The molecule has 0 radical (unpaired) electrons. The molecule has 3 aromatic rings. The van der Waals surface area contributed by atoms with Crippen molar-refractivity contribution in [3.63, 3.8) is 0 Å². The number of hydrogen-bond acceptors (Lipinski definition) is 4. The van der Waals surface area contributed by atoms with Gasteiger partial charge in [-0.3, -0.25) is 4.90 Å². The third kappa shape index (κ3) is 6.71. The zero-order chi connectivity index (χ0) is 21.3. The molecule has 158 valence electrons. The molecule has 0 fully saturated rings. The van der Waals surface area contributed by atoms with Crippen LogP contribution in [0.2, 0.25) is 0 Å². The standard InChI is InChI=1S/C26H31NO2S/c1-20-9-13-23(14-10-20)26(22-7-5-4-6-8-22)29-19-24(28)18-27(2)17-21-11-15-25(30-3)16-12-21/h4-16,24,26,28H,17-19H2,1-3H3/t24-,26-/m1/s1. The first-order valence-electron chi connectivity index (χ1n) is 10.3. The summed E-state index contributed by atoms with van der Waals surface area (Å²) in [4.78, 5) is 3.39. The highest BCUT2D eigenvalue weighted by Gasteiger charge is 2.17. The van der Waals surface area contributed by atoms with Crippen molar-refractivity contribution in [1.82, 2.24) is 4.90 Å². The van der Waals surface area contributed by atoms with Crippen LogP contribution in [0.15, 0.2) is 83.8 Å². The normalized spacial score (nSPS) is 13.4. The van der Waals surface area contributed by atoms with E-state index in [0.717, 1.165) is 17.7 Å². The molecule has 0 aliphatic heterocycles. The Balaban J connectivity index is 1.58. The summed E-state index contributed by atoms with van der Waals surface area (Å²) in [6, 6.07) is 27.2. The van der Waals surface area contributed by atoms with Gasteiger partial charge in [-0.15, -0.1) is 11.8 Å². The van der Waals surface area contributed by atoms with Gasteiger partial charge in [-0.25, -0.2) is 0 Å². The molecule has 0 amide bonds. The number of nitrogens with zero attached hydrogens (tertiary/aromatic N) is 1. The zero-order valence-electron chi connectivity index (χ0n) is 18.0. The fourth-order valence-corrected chi connectivity index (χ4v) is 3.89. The summed E-state index contributed by atoms with van der Waals surface area (Å²) >= 11 is 1.74. The molecule has 0 spiro atoms. The Kier molecular flexibility index (Phi) is 8.52. The van der Waals surface area contributed by atoms with Crippen molar-refractivity contribution in [3.8, 4) is 0 Å². The van der Waals surface area contributed by atoms with E-state index < -0.39 is 6.10 Å². The van der Waals surface area contributed by atoms with Crippen molar-refractivity contribution in [1.29, 1.82) is 0 Å². The van der Waals surface area contributed by atoms with Crippen LogP contribution in [0.5, 0.6) is 0 Å². The van der Waals surface area contributed by atoms with E-state index in [1.54, 1.807) is 11.8 Å². The van der Waals surface area contributed by atoms with Crippen molar-refractivity contribution in [3.05, 3.63) is 101 Å². The third-order valence-corrected chi connectivity index (χ3v) is 5.82. The van der Waals surface area contributed by atoms with E-state index in [2.05, 4.69) is 78.7 Å². The first kappa shape index (κ1) is 22.6. The molecule has 0 unspecified atom stereocenters. The number of rotatable bonds is 10. The van der Waals surface area contributed by atoms with Gasteiger partial charge in [0.25, 0.3) is 0 Å². The van der Waals surface area contributed by atoms with Gasteiger partial charge >= 0.3 is 0 Å². The molecule has 30 heavy (non-hydrogen) atoms. The molecule has 3 rings (SSSR count). The maximum absolute atomic E-state index is 10.6. The monoisotopic (exact) mass is 421 g/mol. The van der Waals surface area contributed by atoms with Crippen LogP contribution in [0.25, 0.3) is 0 Å². The Hall–Kier alpha value is -2.11. The summed E-state index contributed by atoms with van der Waals surface area (Å²) in [5.41, 5.74) is 4.65. The van der Waals surface area contributed by atoms with Crippen molar-refractivity contribution >= 4 is 11.8 Å². The summed E-state index contributed by atoms with van der Waals surface area (Å²) in [6.07, 6.45) is 1.33. The van der Waals surface area contributed by atoms with Crippen molar-refractivity contribution in [2.24, 2.45) is 0 Å². The fraction of sp³-hybridized carbons (Fsp3) is 0.308. The van der Waals surface area contributed by atoms with Crippen LogP contribution in [0.4, 0.5) is 0 Å². The number of likely N-dealkylation sites (N-methyl/N-ethyl adjacent to an activating group) is 1. The second kappa shape index (κ2) is 11.3. The Labute approximate surface area is 184 Å². The van der Waals surface area contributed by atoms with E-state index in [1.807, 2.05) is 25.2 Å². The molecule has 0 saturated carbocycles. The van der Waals surface area contributed by atoms with Crippen LogP contribution in [0.1, 0.15) is 28.4 Å². The predicted molar refractivity (Wildman–Crippen MR) is 126 cm³/mol. The number of thioether (sulfide) groups is 1. The van der Waals surface area contributed by atoms with Crippen molar-refractivity contribution in [2.45, 2.75) is 30.6 Å². The number of aliphatic hydroxyl groups excluding tert-OH is 1. The summed E-state index contributed by atoms with van der Waals surface area (Å²) in [6.45, 7) is 3.71. The van der Waals surface area contributed by atoms with E-state index in [9.17, 15) is 5.11 Å². The van der Waals surface area contributed by atoms with Gasteiger partial charge in [0.1, 0.15) is 6.10 Å². The second-order valence-electron chi connectivity index (χ2n) is 7.73. The highest BCUT2D eigenvalue weighted by Crippen LogP contribution is 2.26. The predicted octanol–water partition coefficient (Wildman–Crippen LogP) is 5.32.